The molecule has 1 spiro atoms. The molecule has 43 heavy (non-hydrogen) atoms. The quantitative estimate of drug-likeness (QED) is 0.304. The molecule has 2 aliphatic rings. The third kappa shape index (κ3) is 6.33. The second-order valence-corrected chi connectivity index (χ2v) is 11.4. The second kappa shape index (κ2) is 11.9. The summed E-state index contributed by atoms with van der Waals surface area (Å²) in [5, 5.41) is 22.3. The second-order valence-electron chi connectivity index (χ2n) is 11.0. The summed E-state index contributed by atoms with van der Waals surface area (Å²) >= 11 is 6.17. The van der Waals surface area contributed by atoms with Crippen molar-refractivity contribution >= 4 is 29.3 Å². The van der Waals surface area contributed by atoms with Crippen LogP contribution >= 0.6 is 11.6 Å². The minimum atomic E-state index is -4.85. The molecule has 0 saturated carbocycles. The lowest BCUT2D eigenvalue weighted by atomic mass is 9.71. The van der Waals surface area contributed by atoms with Crippen LogP contribution in [-0.4, -0.2) is 52.4 Å². The Hall–Kier alpha value is -4.08. The van der Waals surface area contributed by atoms with Crippen LogP contribution in [0.5, 0.6) is 5.88 Å². The summed E-state index contributed by atoms with van der Waals surface area (Å²) in [7, 11) is 0. The summed E-state index contributed by atoms with van der Waals surface area (Å²) in [4.78, 5) is 21.8. The van der Waals surface area contributed by atoms with E-state index in [2.05, 4.69) is 15.3 Å². The Morgan fingerprint density at radius 2 is 2.00 bits per heavy atom. The Balaban J connectivity index is 1.42. The molecule has 2 unspecified atom stereocenters. The molecule has 4 N–H and O–H groups in total. The van der Waals surface area contributed by atoms with Gasteiger partial charge in [0, 0.05) is 35.8 Å². The van der Waals surface area contributed by atoms with Gasteiger partial charge in [0.2, 0.25) is 17.9 Å². The van der Waals surface area contributed by atoms with Crippen molar-refractivity contribution < 1.29 is 27.8 Å². The van der Waals surface area contributed by atoms with Crippen molar-refractivity contribution in [2.45, 2.75) is 57.0 Å². The molecule has 13 heteroatoms. The molecule has 2 saturated heterocycles. The zero-order chi connectivity index (χ0) is 30.9. The predicted octanol–water partition coefficient (Wildman–Crippen LogP) is 5.74. The van der Waals surface area contributed by atoms with Gasteiger partial charge in [0.05, 0.1) is 11.6 Å². The molecule has 2 aliphatic heterocycles. The maximum Gasteiger partial charge on any atom is 0.429 e. The smallest absolute Gasteiger partial charge is 0.429 e. The highest BCUT2D eigenvalue weighted by Crippen LogP contribution is 2.46. The molecule has 0 bridgehead atoms. The molecule has 3 heterocycles. The number of benzene rings is 2. The molecule has 5 rings (SSSR count). The van der Waals surface area contributed by atoms with Gasteiger partial charge < -0.3 is 25.8 Å². The molecule has 1 aromatic heterocycles. The van der Waals surface area contributed by atoms with Crippen molar-refractivity contribution in [2.24, 2.45) is 5.41 Å². The fourth-order valence-corrected chi connectivity index (χ4v) is 6.49. The summed E-state index contributed by atoms with van der Waals surface area (Å²) in [6.45, 7) is 3.05. The highest BCUT2D eigenvalue weighted by molar-refractivity contribution is 6.30. The van der Waals surface area contributed by atoms with Gasteiger partial charge in [0.25, 0.3) is 0 Å². The lowest BCUT2D eigenvalue weighted by molar-refractivity contribution is -0.198. The van der Waals surface area contributed by atoms with Crippen molar-refractivity contribution in [1.29, 1.82) is 5.26 Å². The van der Waals surface area contributed by atoms with Crippen molar-refractivity contribution in [1.82, 2.24) is 15.3 Å². The number of carboxylic acid groups (broad SMARTS) is 1. The Morgan fingerprint density at radius 1 is 1.26 bits per heavy atom. The topological polar surface area (TPSA) is 137 Å². The zero-order valence-corrected chi connectivity index (χ0v) is 24.0. The average molecular weight is 615 g/mol. The van der Waals surface area contributed by atoms with Crippen LogP contribution in [0.4, 0.5) is 24.9 Å². The standard InChI is InChI=1S/C30H30ClF3N6O3/c1-2-23-29(15-22(37-23)27(41)42)8-10-40(11-9-29)24-14-25(39-28(36)38-24)43-26(30(32,33)34)20-7-6-19(31)13-21(20)18-5-3-4-17(12-18)16-35/h3-7,12-14,22-23,26,37H,2,8-11,15H2,1H3,(H,41,42)(H2,36,38,39)/t22?,23?,26-/m1/s1. The molecule has 2 fully saturated rings. The summed E-state index contributed by atoms with van der Waals surface area (Å²) in [6.07, 6.45) is -4.61. The van der Waals surface area contributed by atoms with Gasteiger partial charge in [-0.3, -0.25) is 4.79 Å². The first-order valence-electron chi connectivity index (χ1n) is 13.8. The maximum absolute atomic E-state index is 14.6. The predicted molar refractivity (Wildman–Crippen MR) is 155 cm³/mol. The van der Waals surface area contributed by atoms with Crippen LogP contribution in [0.1, 0.15) is 49.8 Å². The number of aromatic nitrogens is 2. The van der Waals surface area contributed by atoms with Gasteiger partial charge in [-0.1, -0.05) is 36.7 Å². The molecule has 0 aliphatic carbocycles. The van der Waals surface area contributed by atoms with E-state index in [9.17, 15) is 28.3 Å². The molecule has 0 amide bonds. The third-order valence-corrected chi connectivity index (χ3v) is 8.62. The van der Waals surface area contributed by atoms with Crippen molar-refractivity contribution in [3.63, 3.8) is 0 Å². The number of halogens is 4. The van der Waals surface area contributed by atoms with Crippen LogP contribution in [0, 0.1) is 16.7 Å². The monoisotopic (exact) mass is 614 g/mol. The van der Waals surface area contributed by atoms with Gasteiger partial charge >= 0.3 is 12.1 Å². The molecule has 2 aromatic carbocycles. The number of hydrogen-bond donors (Lipinski definition) is 3. The number of nitrogens with zero attached hydrogens (tertiary/aromatic N) is 4. The highest BCUT2D eigenvalue weighted by atomic mass is 35.5. The molecule has 3 atom stereocenters. The first-order valence-corrected chi connectivity index (χ1v) is 14.2. The van der Waals surface area contributed by atoms with Crippen LogP contribution in [0.2, 0.25) is 5.02 Å². The minimum absolute atomic E-state index is 0.0556. The van der Waals surface area contributed by atoms with E-state index in [1.54, 1.807) is 18.2 Å². The summed E-state index contributed by atoms with van der Waals surface area (Å²) in [5.74, 6) is -1.14. The molecule has 226 valence electrons. The van der Waals surface area contributed by atoms with Gasteiger partial charge in [0.15, 0.2) is 0 Å². The number of nitrogens with two attached hydrogens (primary N) is 1. The lowest BCUT2D eigenvalue weighted by Gasteiger charge is -2.43. The van der Waals surface area contributed by atoms with Gasteiger partial charge in [-0.15, -0.1) is 0 Å². The Kier molecular flexibility index (Phi) is 8.40. The first-order chi connectivity index (χ1) is 20.4. The average Bonchev–Trinajstić information content (AvgIpc) is 3.33. The van der Waals surface area contributed by atoms with E-state index in [1.165, 1.54) is 30.3 Å². The fraction of sp³-hybridized carbons (Fsp3) is 0.400. The van der Waals surface area contributed by atoms with E-state index in [0.29, 0.717) is 43.7 Å². The van der Waals surface area contributed by atoms with E-state index >= 15 is 0 Å². The lowest BCUT2D eigenvalue weighted by Crippen LogP contribution is -2.46. The van der Waals surface area contributed by atoms with Gasteiger partial charge in [-0.2, -0.15) is 28.4 Å². The number of carbonyl (C=O) groups is 1. The fourth-order valence-electron chi connectivity index (χ4n) is 6.31. The number of ether oxygens (including phenoxy) is 1. The van der Waals surface area contributed by atoms with E-state index in [1.807, 2.05) is 17.9 Å². The van der Waals surface area contributed by atoms with Gasteiger partial charge in [0.1, 0.15) is 11.9 Å². The number of hydrogen-bond acceptors (Lipinski definition) is 8. The van der Waals surface area contributed by atoms with Gasteiger partial charge in [-0.25, -0.2) is 0 Å². The molecular formula is C30H30ClF3N6O3. The van der Waals surface area contributed by atoms with Crippen molar-refractivity contribution in [3.8, 4) is 23.1 Å². The number of aliphatic carboxylic acids is 1. The van der Waals surface area contributed by atoms with Gasteiger partial charge in [-0.05, 0) is 66.5 Å². The number of nitrogens with one attached hydrogen (secondary N) is 1. The van der Waals surface area contributed by atoms with Crippen LogP contribution in [0.3, 0.4) is 0 Å². The largest absolute Gasteiger partial charge is 0.480 e. The van der Waals surface area contributed by atoms with E-state index < -0.39 is 24.3 Å². The number of nitriles is 1. The SMILES string of the molecule is CCC1NC(C(=O)O)CC12CCN(c1cc(O[C@H](c3ccc(Cl)cc3-c3cccc(C#N)c3)C(F)(F)F)nc(N)n1)CC2. The summed E-state index contributed by atoms with van der Waals surface area (Å²) in [6, 6.07) is 13.0. The van der Waals surface area contributed by atoms with E-state index in [0.717, 1.165) is 6.42 Å². The number of rotatable bonds is 7. The number of nitrogen functional groups attached to an aromatic ring is 1. The summed E-state index contributed by atoms with van der Waals surface area (Å²) < 4.78 is 49.3. The van der Waals surface area contributed by atoms with Crippen LogP contribution in [0.15, 0.2) is 48.5 Å². The van der Waals surface area contributed by atoms with Crippen molar-refractivity contribution in [3.05, 3.63) is 64.7 Å². The molecule has 9 nitrogen and oxygen atoms in total. The maximum atomic E-state index is 14.6. The van der Waals surface area contributed by atoms with E-state index in [4.69, 9.17) is 22.1 Å². The Morgan fingerprint density at radius 3 is 2.65 bits per heavy atom. The number of alkyl halides is 3. The molecular weight excluding hydrogens is 585 g/mol. The summed E-state index contributed by atoms with van der Waals surface area (Å²) in [5.41, 5.74) is 6.35. The van der Waals surface area contributed by atoms with Crippen LogP contribution < -0.4 is 20.7 Å². The van der Waals surface area contributed by atoms with Crippen LogP contribution in [0.25, 0.3) is 11.1 Å². The highest BCUT2D eigenvalue weighted by Gasteiger charge is 2.50. The first kappa shape index (κ1) is 30.4. The zero-order valence-electron chi connectivity index (χ0n) is 23.2. The van der Waals surface area contributed by atoms with Crippen LogP contribution in [-0.2, 0) is 4.79 Å². The number of piperidine rings is 1. The number of carboxylic acids is 1. The minimum Gasteiger partial charge on any atom is -0.480 e. The Labute approximate surface area is 251 Å². The Bertz CT molecular complexity index is 1550. The van der Waals surface area contributed by atoms with E-state index in [-0.39, 0.29) is 45.0 Å². The third-order valence-electron chi connectivity index (χ3n) is 8.38. The number of anilines is 2. The molecule has 3 aromatic rings. The normalized spacial score (nSPS) is 20.5. The van der Waals surface area contributed by atoms with Crippen molar-refractivity contribution in [2.75, 3.05) is 23.7 Å². The molecule has 0 radical (unpaired) electrons.